The van der Waals surface area contributed by atoms with E-state index in [2.05, 4.69) is 35.6 Å². The number of nitrogens with zero attached hydrogens (tertiary/aromatic N) is 7. The summed E-state index contributed by atoms with van der Waals surface area (Å²) in [5.74, 6) is 0.749. The zero-order valence-electron chi connectivity index (χ0n) is 13.3. The van der Waals surface area contributed by atoms with Crippen LogP contribution in [0.25, 0.3) is 11.5 Å². The van der Waals surface area contributed by atoms with Gasteiger partial charge in [-0.1, -0.05) is 0 Å². The second-order valence-electron chi connectivity index (χ2n) is 4.95. The molecule has 1 fully saturated rings. The first kappa shape index (κ1) is 18.0. The molecule has 2 aromatic rings. The highest BCUT2D eigenvalue weighted by Gasteiger charge is 2.14. The Morgan fingerprint density at radius 2 is 2.08 bits per heavy atom. The number of aromatic nitrogens is 6. The van der Waals surface area contributed by atoms with E-state index in [0.29, 0.717) is 18.1 Å². The van der Waals surface area contributed by atoms with Crippen molar-refractivity contribution in [1.82, 2.24) is 35.5 Å². The highest BCUT2D eigenvalue weighted by atomic mass is 35.5. The number of piperazine rings is 1. The van der Waals surface area contributed by atoms with Gasteiger partial charge in [-0.2, -0.15) is 4.80 Å². The second kappa shape index (κ2) is 8.50. The van der Waals surface area contributed by atoms with Crippen molar-refractivity contribution in [3.63, 3.8) is 0 Å². The Hall–Kier alpha value is -2.33. The highest BCUT2D eigenvalue weighted by Crippen LogP contribution is 2.14. The molecular formula is C13H19ClN8O2. The van der Waals surface area contributed by atoms with Gasteiger partial charge in [0.15, 0.2) is 6.54 Å². The van der Waals surface area contributed by atoms with Crippen molar-refractivity contribution in [1.29, 1.82) is 0 Å². The molecule has 0 aromatic carbocycles. The molecule has 3 heterocycles. The van der Waals surface area contributed by atoms with Gasteiger partial charge in [0.25, 0.3) is 0 Å². The fraction of sp³-hybridized carbons (Fsp3) is 0.538. The van der Waals surface area contributed by atoms with Crippen LogP contribution in [-0.4, -0.2) is 68.9 Å². The van der Waals surface area contributed by atoms with E-state index in [1.54, 1.807) is 19.3 Å². The van der Waals surface area contributed by atoms with E-state index in [0.717, 1.165) is 32.0 Å². The first-order valence-electron chi connectivity index (χ1n) is 7.48. The summed E-state index contributed by atoms with van der Waals surface area (Å²) in [5.41, 5.74) is 0.513. The molecule has 10 nitrogen and oxygen atoms in total. The lowest BCUT2D eigenvalue weighted by atomic mass is 10.3. The third-order valence-electron chi connectivity index (χ3n) is 3.34. The number of halogens is 1. The molecule has 3 rings (SSSR count). The quantitative estimate of drug-likeness (QED) is 0.712. The zero-order valence-corrected chi connectivity index (χ0v) is 14.1. The van der Waals surface area contributed by atoms with Crippen LogP contribution in [0.2, 0.25) is 0 Å². The maximum Gasteiger partial charge on any atom is 0.329 e. The van der Waals surface area contributed by atoms with Crippen LogP contribution >= 0.6 is 12.4 Å². The van der Waals surface area contributed by atoms with E-state index in [9.17, 15) is 4.79 Å². The van der Waals surface area contributed by atoms with Gasteiger partial charge < -0.3 is 15.0 Å². The summed E-state index contributed by atoms with van der Waals surface area (Å²) in [4.78, 5) is 23.5. The monoisotopic (exact) mass is 354 g/mol. The number of hydrogen-bond donors (Lipinski definition) is 1. The second-order valence-corrected chi connectivity index (χ2v) is 4.95. The average Bonchev–Trinajstić information content (AvgIpc) is 3.04. The van der Waals surface area contributed by atoms with Crippen molar-refractivity contribution >= 4 is 24.2 Å². The van der Waals surface area contributed by atoms with Crippen LogP contribution in [0.1, 0.15) is 6.92 Å². The highest BCUT2D eigenvalue weighted by molar-refractivity contribution is 5.85. The van der Waals surface area contributed by atoms with E-state index >= 15 is 0 Å². The van der Waals surface area contributed by atoms with Crippen LogP contribution in [0.5, 0.6) is 0 Å². The van der Waals surface area contributed by atoms with Crippen LogP contribution in [-0.2, 0) is 16.1 Å². The Kier molecular flexibility index (Phi) is 6.38. The first-order chi connectivity index (χ1) is 11.3. The number of ether oxygens (including phenoxy) is 1. The van der Waals surface area contributed by atoms with Crippen LogP contribution in [0.15, 0.2) is 12.4 Å². The average molecular weight is 355 g/mol. The molecule has 0 unspecified atom stereocenters. The van der Waals surface area contributed by atoms with Gasteiger partial charge in [-0.25, -0.2) is 14.8 Å². The van der Waals surface area contributed by atoms with Crippen LogP contribution in [0.4, 0.5) is 5.82 Å². The summed E-state index contributed by atoms with van der Waals surface area (Å²) in [7, 11) is 0. The Bertz CT molecular complexity index is 656. The smallest absolute Gasteiger partial charge is 0.329 e. The maximum absolute atomic E-state index is 11.4. The van der Waals surface area contributed by atoms with Crippen molar-refractivity contribution in [3.8, 4) is 11.5 Å². The van der Waals surface area contributed by atoms with E-state index < -0.39 is 5.97 Å². The van der Waals surface area contributed by atoms with Gasteiger partial charge in [0, 0.05) is 26.2 Å². The minimum Gasteiger partial charge on any atom is -0.465 e. The predicted octanol–water partition coefficient (Wildman–Crippen LogP) is -0.475. The molecule has 130 valence electrons. The first-order valence-corrected chi connectivity index (χ1v) is 7.48. The van der Waals surface area contributed by atoms with Gasteiger partial charge in [-0.15, -0.1) is 22.6 Å². The van der Waals surface area contributed by atoms with Gasteiger partial charge in [0.1, 0.15) is 11.5 Å². The van der Waals surface area contributed by atoms with Crippen LogP contribution in [0.3, 0.4) is 0 Å². The zero-order chi connectivity index (χ0) is 16.1. The number of carbonyl (C=O) groups is 1. The third-order valence-corrected chi connectivity index (χ3v) is 3.34. The molecule has 2 aromatic heterocycles. The Morgan fingerprint density at radius 1 is 1.29 bits per heavy atom. The van der Waals surface area contributed by atoms with Crippen molar-refractivity contribution in [3.05, 3.63) is 12.4 Å². The van der Waals surface area contributed by atoms with E-state index in [4.69, 9.17) is 4.74 Å². The fourth-order valence-corrected chi connectivity index (χ4v) is 2.23. The van der Waals surface area contributed by atoms with Crippen molar-refractivity contribution in [2.24, 2.45) is 0 Å². The fourth-order valence-electron chi connectivity index (χ4n) is 2.23. The Balaban J connectivity index is 0.00000208. The lowest BCUT2D eigenvalue weighted by molar-refractivity contribution is -0.144. The summed E-state index contributed by atoms with van der Waals surface area (Å²) in [5, 5.41) is 15.1. The molecular weight excluding hydrogens is 336 g/mol. The molecule has 0 atom stereocenters. The molecule has 1 aliphatic heterocycles. The summed E-state index contributed by atoms with van der Waals surface area (Å²) < 4.78 is 4.84. The Morgan fingerprint density at radius 3 is 2.75 bits per heavy atom. The molecule has 0 saturated carbocycles. The van der Waals surface area contributed by atoms with Gasteiger partial charge >= 0.3 is 5.97 Å². The molecule has 1 saturated heterocycles. The molecule has 0 spiro atoms. The van der Waals surface area contributed by atoms with E-state index in [1.165, 1.54) is 4.80 Å². The molecule has 1 aliphatic rings. The van der Waals surface area contributed by atoms with Crippen molar-refractivity contribution in [2.75, 3.05) is 37.7 Å². The molecule has 11 heteroatoms. The number of nitrogens with one attached hydrogen (secondary N) is 1. The van der Waals surface area contributed by atoms with Crippen molar-refractivity contribution < 1.29 is 9.53 Å². The Labute approximate surface area is 145 Å². The SMILES string of the molecule is CCOC(=O)Cn1nnc(-c2cnc(N3CCNCC3)cn2)n1.Cl. The van der Waals surface area contributed by atoms with Gasteiger partial charge in [0.2, 0.25) is 5.82 Å². The molecule has 1 N–H and O–H groups in total. The third kappa shape index (κ3) is 4.36. The van der Waals surface area contributed by atoms with Crippen LogP contribution in [0, 0.1) is 0 Å². The summed E-state index contributed by atoms with van der Waals surface area (Å²) in [6, 6.07) is 0. The number of carbonyl (C=O) groups excluding carboxylic acids is 1. The topological polar surface area (TPSA) is 111 Å². The number of rotatable bonds is 5. The standard InChI is InChI=1S/C13H18N8O2.ClH/c1-2-23-12(22)9-21-18-13(17-19-21)10-7-16-11(8-15-10)20-5-3-14-4-6-20;/h7-8,14H,2-6,9H2,1H3;1H. The molecule has 0 radical (unpaired) electrons. The lowest BCUT2D eigenvalue weighted by Gasteiger charge is -2.27. The molecule has 0 amide bonds. The largest absolute Gasteiger partial charge is 0.465 e. The van der Waals surface area contributed by atoms with Gasteiger partial charge in [-0.05, 0) is 12.1 Å². The number of esters is 1. The molecule has 24 heavy (non-hydrogen) atoms. The normalized spacial score (nSPS) is 14.1. The van der Waals surface area contributed by atoms with E-state index in [1.807, 2.05) is 0 Å². The minimum absolute atomic E-state index is 0. The van der Waals surface area contributed by atoms with Gasteiger partial charge in [0.05, 0.1) is 19.0 Å². The predicted molar refractivity (Wildman–Crippen MR) is 87.8 cm³/mol. The van der Waals surface area contributed by atoms with Crippen molar-refractivity contribution in [2.45, 2.75) is 13.5 Å². The number of anilines is 1. The number of tetrazole rings is 1. The van der Waals surface area contributed by atoms with Crippen LogP contribution < -0.4 is 10.2 Å². The summed E-state index contributed by atoms with van der Waals surface area (Å²) in [6.07, 6.45) is 3.32. The summed E-state index contributed by atoms with van der Waals surface area (Å²) in [6.45, 7) is 5.67. The van der Waals surface area contributed by atoms with E-state index in [-0.39, 0.29) is 19.0 Å². The molecule has 0 bridgehead atoms. The lowest BCUT2D eigenvalue weighted by Crippen LogP contribution is -2.43. The minimum atomic E-state index is -0.406. The van der Waals surface area contributed by atoms with Gasteiger partial charge in [-0.3, -0.25) is 0 Å². The number of hydrogen-bond acceptors (Lipinski definition) is 9. The summed E-state index contributed by atoms with van der Waals surface area (Å²) >= 11 is 0. The maximum atomic E-state index is 11.4. The molecule has 0 aliphatic carbocycles.